The van der Waals surface area contributed by atoms with Gasteiger partial charge in [-0.05, 0) is 25.8 Å². The van der Waals surface area contributed by atoms with Crippen LogP contribution in [-0.4, -0.2) is 41.0 Å². The van der Waals surface area contributed by atoms with E-state index in [2.05, 4.69) is 9.97 Å². The number of para-hydroxylation sites is 1. The van der Waals surface area contributed by atoms with Gasteiger partial charge in [0.2, 0.25) is 0 Å². The molecule has 28 heavy (non-hydrogen) atoms. The highest BCUT2D eigenvalue weighted by Crippen LogP contribution is 2.29. The van der Waals surface area contributed by atoms with Gasteiger partial charge in [-0.25, -0.2) is 9.97 Å². The van der Waals surface area contributed by atoms with Gasteiger partial charge in [0.25, 0.3) is 5.91 Å². The topological polar surface area (TPSA) is 68.5 Å². The number of carbonyl (C=O) groups is 1. The summed E-state index contributed by atoms with van der Waals surface area (Å²) in [5, 5.41) is 0. The summed E-state index contributed by atoms with van der Waals surface area (Å²) >= 11 is 1.40. The van der Waals surface area contributed by atoms with Crippen LogP contribution in [0.1, 0.15) is 51.3 Å². The molecule has 0 saturated carbocycles. The van der Waals surface area contributed by atoms with Gasteiger partial charge in [0.05, 0.1) is 30.4 Å². The largest absolute Gasteiger partial charge is 0.496 e. The van der Waals surface area contributed by atoms with Gasteiger partial charge < -0.3 is 14.1 Å². The molecule has 0 unspecified atom stereocenters. The van der Waals surface area contributed by atoms with Crippen molar-refractivity contribution >= 4 is 17.2 Å². The predicted molar refractivity (Wildman–Crippen MR) is 107 cm³/mol. The van der Waals surface area contributed by atoms with Crippen LogP contribution in [0.5, 0.6) is 5.75 Å². The number of nitrogens with zero attached hydrogens (tertiary/aromatic N) is 3. The highest BCUT2D eigenvalue weighted by molar-refractivity contribution is 7.11. The smallest absolute Gasteiger partial charge is 0.265 e. The van der Waals surface area contributed by atoms with Gasteiger partial charge in [-0.2, -0.15) is 0 Å². The second kappa shape index (κ2) is 8.14. The summed E-state index contributed by atoms with van der Waals surface area (Å²) in [6.07, 6.45) is 4.33. The predicted octanol–water partition coefficient (Wildman–Crippen LogP) is 4.06. The summed E-state index contributed by atoms with van der Waals surface area (Å²) in [4.78, 5) is 24.1. The maximum absolute atomic E-state index is 12.8. The SMILES string of the molecule is COc1ccccc1Cc1cnc([C@H]2CCCN(C(=O)c3scnc3C)C2)o1. The van der Waals surface area contributed by atoms with Crippen molar-refractivity contribution in [1.82, 2.24) is 14.9 Å². The number of methoxy groups -OCH3 is 1. The molecule has 4 rings (SSSR count). The van der Waals surface area contributed by atoms with Crippen LogP contribution in [0.4, 0.5) is 0 Å². The van der Waals surface area contributed by atoms with Crippen molar-refractivity contribution in [2.75, 3.05) is 20.2 Å². The van der Waals surface area contributed by atoms with Gasteiger partial charge in [0.1, 0.15) is 16.4 Å². The first kappa shape index (κ1) is 18.7. The zero-order chi connectivity index (χ0) is 19.5. The lowest BCUT2D eigenvalue weighted by molar-refractivity contribution is 0.0702. The van der Waals surface area contributed by atoms with Crippen LogP contribution in [0, 0.1) is 6.92 Å². The molecule has 1 amide bonds. The number of amides is 1. The molecular formula is C21H23N3O3S. The molecule has 1 saturated heterocycles. The van der Waals surface area contributed by atoms with Gasteiger partial charge >= 0.3 is 0 Å². The number of thiazole rings is 1. The van der Waals surface area contributed by atoms with Crippen molar-refractivity contribution in [2.45, 2.75) is 32.1 Å². The highest BCUT2D eigenvalue weighted by atomic mass is 32.1. The lowest BCUT2D eigenvalue weighted by atomic mass is 9.98. The number of piperidine rings is 1. The van der Waals surface area contributed by atoms with Gasteiger partial charge in [-0.3, -0.25) is 4.79 Å². The number of ether oxygens (including phenoxy) is 1. The number of hydrogen-bond acceptors (Lipinski definition) is 6. The Hall–Kier alpha value is -2.67. The molecule has 1 aromatic carbocycles. The minimum atomic E-state index is 0.0606. The van der Waals surface area contributed by atoms with Crippen molar-refractivity contribution in [3.05, 3.63) is 63.8 Å². The van der Waals surface area contributed by atoms with E-state index in [1.54, 1.807) is 18.8 Å². The fraction of sp³-hybridized carbons (Fsp3) is 0.381. The molecule has 7 heteroatoms. The quantitative estimate of drug-likeness (QED) is 0.649. The number of likely N-dealkylation sites (tertiary alicyclic amines) is 1. The van der Waals surface area contributed by atoms with E-state index in [9.17, 15) is 4.79 Å². The van der Waals surface area contributed by atoms with Gasteiger partial charge in [0.15, 0.2) is 5.89 Å². The number of carbonyl (C=O) groups excluding carboxylic acids is 1. The van der Waals surface area contributed by atoms with E-state index in [-0.39, 0.29) is 11.8 Å². The highest BCUT2D eigenvalue weighted by Gasteiger charge is 2.29. The molecule has 2 aromatic heterocycles. The average molecular weight is 398 g/mol. The van der Waals surface area contributed by atoms with E-state index in [0.717, 1.165) is 47.0 Å². The lowest BCUT2D eigenvalue weighted by Gasteiger charge is -2.31. The number of benzene rings is 1. The molecule has 1 aliphatic heterocycles. The van der Waals surface area contributed by atoms with Crippen molar-refractivity contribution in [2.24, 2.45) is 0 Å². The van der Waals surface area contributed by atoms with Crippen LogP contribution in [0.25, 0.3) is 0 Å². The molecule has 1 fully saturated rings. The Kier molecular flexibility index (Phi) is 5.43. The first-order chi connectivity index (χ1) is 13.7. The number of rotatable bonds is 5. The maximum atomic E-state index is 12.8. The van der Waals surface area contributed by atoms with Crippen LogP contribution < -0.4 is 4.74 Å². The van der Waals surface area contributed by atoms with Crippen LogP contribution in [-0.2, 0) is 6.42 Å². The number of hydrogen-bond donors (Lipinski definition) is 0. The molecule has 1 atom stereocenters. The maximum Gasteiger partial charge on any atom is 0.265 e. The molecular weight excluding hydrogens is 374 g/mol. The van der Waals surface area contributed by atoms with E-state index in [4.69, 9.17) is 9.15 Å². The first-order valence-corrected chi connectivity index (χ1v) is 10.3. The zero-order valence-corrected chi connectivity index (χ0v) is 16.9. The fourth-order valence-corrected chi connectivity index (χ4v) is 4.41. The molecule has 1 aliphatic rings. The fourth-order valence-electron chi connectivity index (χ4n) is 3.64. The molecule has 3 heterocycles. The third-order valence-electron chi connectivity index (χ3n) is 5.13. The molecule has 0 radical (unpaired) electrons. The molecule has 0 bridgehead atoms. The minimum Gasteiger partial charge on any atom is -0.496 e. The van der Waals surface area contributed by atoms with Crippen LogP contribution in [0.3, 0.4) is 0 Å². The molecule has 0 aliphatic carbocycles. The standard InChI is InChI=1S/C21H23N3O3S/c1-14-19(28-13-23-14)21(25)24-9-5-7-16(12-24)20-22-11-17(27-20)10-15-6-3-4-8-18(15)26-2/h3-4,6,8,11,13,16H,5,7,9-10,12H2,1-2H3/t16-/m0/s1. The van der Waals surface area contributed by atoms with E-state index in [1.165, 1.54) is 11.3 Å². The number of aryl methyl sites for hydroxylation is 1. The van der Waals surface area contributed by atoms with E-state index >= 15 is 0 Å². The summed E-state index contributed by atoms with van der Waals surface area (Å²) in [6, 6.07) is 7.91. The second-order valence-electron chi connectivity index (χ2n) is 7.01. The number of aromatic nitrogens is 2. The lowest BCUT2D eigenvalue weighted by Crippen LogP contribution is -2.39. The third-order valence-corrected chi connectivity index (χ3v) is 6.04. The Morgan fingerprint density at radius 1 is 1.36 bits per heavy atom. The monoisotopic (exact) mass is 397 g/mol. The summed E-state index contributed by atoms with van der Waals surface area (Å²) in [5.41, 5.74) is 3.59. The Morgan fingerprint density at radius 3 is 3.00 bits per heavy atom. The summed E-state index contributed by atoms with van der Waals surface area (Å²) in [7, 11) is 1.67. The first-order valence-electron chi connectivity index (χ1n) is 9.41. The summed E-state index contributed by atoms with van der Waals surface area (Å²) in [6.45, 7) is 3.27. The van der Waals surface area contributed by atoms with E-state index in [0.29, 0.717) is 18.9 Å². The summed E-state index contributed by atoms with van der Waals surface area (Å²) < 4.78 is 11.5. The van der Waals surface area contributed by atoms with Gasteiger partial charge in [-0.1, -0.05) is 18.2 Å². The van der Waals surface area contributed by atoms with Crippen molar-refractivity contribution in [3.8, 4) is 5.75 Å². The normalized spacial score (nSPS) is 16.9. The molecule has 0 spiro atoms. The third kappa shape index (κ3) is 3.80. The minimum absolute atomic E-state index is 0.0606. The summed E-state index contributed by atoms with van der Waals surface area (Å²) in [5.74, 6) is 2.54. The Labute approximate surface area is 168 Å². The molecule has 3 aromatic rings. The second-order valence-corrected chi connectivity index (χ2v) is 7.87. The van der Waals surface area contributed by atoms with E-state index < -0.39 is 0 Å². The Balaban J connectivity index is 1.46. The van der Waals surface area contributed by atoms with Crippen LogP contribution >= 0.6 is 11.3 Å². The van der Waals surface area contributed by atoms with Crippen molar-refractivity contribution in [1.29, 1.82) is 0 Å². The Morgan fingerprint density at radius 2 is 2.21 bits per heavy atom. The van der Waals surface area contributed by atoms with Crippen molar-refractivity contribution in [3.63, 3.8) is 0 Å². The average Bonchev–Trinajstić information content (AvgIpc) is 3.37. The van der Waals surface area contributed by atoms with Crippen LogP contribution in [0.15, 0.2) is 40.4 Å². The zero-order valence-electron chi connectivity index (χ0n) is 16.1. The number of oxazole rings is 1. The molecule has 6 nitrogen and oxygen atoms in total. The Bertz CT molecular complexity index is 965. The van der Waals surface area contributed by atoms with Crippen molar-refractivity contribution < 1.29 is 13.9 Å². The molecule has 0 N–H and O–H groups in total. The van der Waals surface area contributed by atoms with Gasteiger partial charge in [0, 0.05) is 25.1 Å². The van der Waals surface area contributed by atoms with Crippen LogP contribution in [0.2, 0.25) is 0 Å². The van der Waals surface area contributed by atoms with Gasteiger partial charge in [-0.15, -0.1) is 11.3 Å². The molecule has 146 valence electrons. The van der Waals surface area contributed by atoms with E-state index in [1.807, 2.05) is 36.1 Å².